The molecule has 1 aromatic rings. The van der Waals surface area contributed by atoms with Crippen molar-refractivity contribution in [1.82, 2.24) is 9.97 Å². The predicted molar refractivity (Wildman–Crippen MR) is 69.1 cm³/mol. The molecule has 2 heterocycles. The van der Waals surface area contributed by atoms with Gasteiger partial charge in [-0.05, 0) is 25.2 Å². The molecule has 1 saturated heterocycles. The molecule has 3 rings (SSSR count). The molecular weight excluding hydrogens is 244 g/mol. The van der Waals surface area contributed by atoms with E-state index in [1.807, 2.05) is 0 Å². The number of hydrogen-bond acceptors (Lipinski definition) is 3. The van der Waals surface area contributed by atoms with E-state index in [4.69, 9.17) is 14.8 Å². The van der Waals surface area contributed by atoms with Crippen LogP contribution in [0.1, 0.15) is 42.9 Å². The summed E-state index contributed by atoms with van der Waals surface area (Å²) in [5.74, 6) is 0.972. The molecule has 0 amide bonds. The number of hydrogen-bond donors (Lipinski definition) is 2. The first-order valence-electron chi connectivity index (χ1n) is 7.03. The summed E-state index contributed by atoms with van der Waals surface area (Å²) in [6.07, 6.45) is 3.07. The molecule has 2 aliphatic rings. The molecule has 104 valence electrons. The molecule has 0 bridgehead atoms. The molecule has 0 saturated carbocycles. The van der Waals surface area contributed by atoms with Crippen molar-refractivity contribution in [2.75, 3.05) is 13.2 Å². The van der Waals surface area contributed by atoms with Gasteiger partial charge in [-0.3, -0.25) is 4.79 Å². The summed E-state index contributed by atoms with van der Waals surface area (Å²) in [6, 6.07) is 0. The molecule has 19 heavy (non-hydrogen) atoms. The number of carboxylic acid groups (broad SMARTS) is 1. The zero-order chi connectivity index (χ0) is 13.4. The van der Waals surface area contributed by atoms with E-state index in [-0.39, 0.29) is 5.92 Å². The minimum Gasteiger partial charge on any atom is -0.481 e. The minimum absolute atomic E-state index is 0.257. The lowest BCUT2D eigenvalue weighted by Gasteiger charge is -2.27. The van der Waals surface area contributed by atoms with Gasteiger partial charge in [0, 0.05) is 31.2 Å². The van der Waals surface area contributed by atoms with Gasteiger partial charge in [-0.1, -0.05) is 6.92 Å². The van der Waals surface area contributed by atoms with Crippen LogP contribution in [0.25, 0.3) is 0 Å². The van der Waals surface area contributed by atoms with E-state index in [2.05, 4.69) is 11.9 Å². The van der Waals surface area contributed by atoms with E-state index in [0.29, 0.717) is 24.7 Å². The van der Waals surface area contributed by atoms with Crippen molar-refractivity contribution < 1.29 is 14.6 Å². The molecule has 1 aliphatic carbocycles. The number of aliphatic carboxylic acids is 1. The van der Waals surface area contributed by atoms with Gasteiger partial charge in [-0.15, -0.1) is 0 Å². The smallest absolute Gasteiger partial charge is 0.306 e. The fourth-order valence-corrected chi connectivity index (χ4v) is 3.18. The Kier molecular flexibility index (Phi) is 3.31. The Hall–Kier alpha value is -1.36. The third-order valence-corrected chi connectivity index (χ3v) is 4.40. The monoisotopic (exact) mass is 264 g/mol. The first-order valence-corrected chi connectivity index (χ1v) is 7.03. The topological polar surface area (TPSA) is 75.2 Å². The summed E-state index contributed by atoms with van der Waals surface area (Å²) in [7, 11) is 0. The number of fused-ring (bicyclic) bond motifs is 1. The largest absolute Gasteiger partial charge is 0.481 e. The van der Waals surface area contributed by atoms with Crippen LogP contribution in [0.4, 0.5) is 0 Å². The van der Waals surface area contributed by atoms with Gasteiger partial charge in [-0.25, -0.2) is 4.98 Å². The van der Waals surface area contributed by atoms with Gasteiger partial charge >= 0.3 is 5.97 Å². The first kappa shape index (κ1) is 12.7. The third-order valence-electron chi connectivity index (χ3n) is 4.40. The van der Waals surface area contributed by atoms with Crippen molar-refractivity contribution in [3.63, 3.8) is 0 Å². The number of carboxylic acids is 1. The molecule has 3 unspecified atom stereocenters. The van der Waals surface area contributed by atoms with Gasteiger partial charge in [0.1, 0.15) is 5.82 Å². The number of nitrogens with zero attached hydrogens (tertiary/aromatic N) is 1. The molecule has 3 atom stereocenters. The van der Waals surface area contributed by atoms with Crippen molar-refractivity contribution in [1.29, 1.82) is 0 Å². The standard InChI is InChI=1S/C14H20N2O3/c1-8-7-19-5-4-10(8)13-15-11-3-2-9(14(17)18)6-12(11)16-13/h8-10H,2-7H2,1H3,(H,15,16)(H,17,18). The molecular formula is C14H20N2O3. The Labute approximate surface area is 112 Å². The second kappa shape index (κ2) is 4.96. The highest BCUT2D eigenvalue weighted by Crippen LogP contribution is 2.32. The van der Waals surface area contributed by atoms with Gasteiger partial charge in [0.05, 0.1) is 11.6 Å². The van der Waals surface area contributed by atoms with Gasteiger partial charge in [0.15, 0.2) is 0 Å². The van der Waals surface area contributed by atoms with E-state index in [0.717, 1.165) is 43.3 Å². The Balaban J connectivity index is 1.81. The van der Waals surface area contributed by atoms with E-state index in [1.54, 1.807) is 0 Å². The van der Waals surface area contributed by atoms with Crippen molar-refractivity contribution in [3.8, 4) is 0 Å². The number of H-pyrrole nitrogens is 1. The molecule has 1 aromatic heterocycles. The lowest BCUT2D eigenvalue weighted by atomic mass is 9.89. The Morgan fingerprint density at radius 1 is 1.47 bits per heavy atom. The maximum Gasteiger partial charge on any atom is 0.306 e. The highest BCUT2D eigenvalue weighted by Gasteiger charge is 2.30. The lowest BCUT2D eigenvalue weighted by Crippen LogP contribution is -2.24. The second-order valence-electron chi connectivity index (χ2n) is 5.77. The lowest BCUT2D eigenvalue weighted by molar-refractivity contribution is -0.142. The van der Waals surface area contributed by atoms with E-state index < -0.39 is 5.97 Å². The van der Waals surface area contributed by atoms with E-state index in [9.17, 15) is 4.79 Å². The van der Waals surface area contributed by atoms with Crippen LogP contribution < -0.4 is 0 Å². The number of carbonyl (C=O) groups is 1. The first-order chi connectivity index (χ1) is 9.15. The second-order valence-corrected chi connectivity index (χ2v) is 5.77. The van der Waals surface area contributed by atoms with Crippen LogP contribution in [0.15, 0.2) is 0 Å². The van der Waals surface area contributed by atoms with Crippen LogP contribution in [0.5, 0.6) is 0 Å². The number of ether oxygens (including phenoxy) is 1. The van der Waals surface area contributed by atoms with Crippen molar-refractivity contribution >= 4 is 5.97 Å². The summed E-state index contributed by atoms with van der Waals surface area (Å²) in [4.78, 5) is 19.2. The van der Waals surface area contributed by atoms with Gasteiger partial charge in [0.2, 0.25) is 0 Å². The van der Waals surface area contributed by atoms with Crippen LogP contribution in [-0.2, 0) is 22.4 Å². The number of aryl methyl sites for hydroxylation is 1. The molecule has 2 N–H and O–H groups in total. The maximum absolute atomic E-state index is 11.1. The van der Waals surface area contributed by atoms with Crippen LogP contribution in [0, 0.1) is 11.8 Å². The highest BCUT2D eigenvalue weighted by atomic mass is 16.5. The van der Waals surface area contributed by atoms with Crippen molar-refractivity contribution in [3.05, 3.63) is 17.2 Å². The van der Waals surface area contributed by atoms with Gasteiger partial charge in [-0.2, -0.15) is 0 Å². The fraction of sp³-hybridized carbons (Fsp3) is 0.714. The quantitative estimate of drug-likeness (QED) is 0.853. The summed E-state index contributed by atoms with van der Waals surface area (Å²) in [6.45, 7) is 3.76. The maximum atomic E-state index is 11.1. The van der Waals surface area contributed by atoms with Crippen LogP contribution in [0.3, 0.4) is 0 Å². The van der Waals surface area contributed by atoms with Crippen molar-refractivity contribution in [2.45, 2.75) is 38.5 Å². The van der Waals surface area contributed by atoms with Crippen LogP contribution >= 0.6 is 0 Å². The number of aromatic nitrogens is 2. The summed E-state index contributed by atoms with van der Waals surface area (Å²) in [5, 5.41) is 9.11. The summed E-state index contributed by atoms with van der Waals surface area (Å²) < 4.78 is 5.46. The average Bonchev–Trinajstić information content (AvgIpc) is 2.81. The zero-order valence-electron chi connectivity index (χ0n) is 11.2. The van der Waals surface area contributed by atoms with Crippen molar-refractivity contribution in [2.24, 2.45) is 11.8 Å². The molecule has 1 aliphatic heterocycles. The number of nitrogens with one attached hydrogen (secondary N) is 1. The number of imidazole rings is 1. The normalized spacial score (nSPS) is 30.9. The van der Waals surface area contributed by atoms with Crippen LogP contribution in [-0.4, -0.2) is 34.3 Å². The van der Waals surface area contributed by atoms with Gasteiger partial charge < -0.3 is 14.8 Å². The van der Waals surface area contributed by atoms with Gasteiger partial charge in [0.25, 0.3) is 0 Å². The SMILES string of the molecule is CC1COCCC1c1nc2c([nH]1)CC(C(=O)O)CC2. The van der Waals surface area contributed by atoms with Crippen LogP contribution in [0.2, 0.25) is 0 Å². The molecule has 1 fully saturated rings. The number of aromatic amines is 1. The van der Waals surface area contributed by atoms with E-state index >= 15 is 0 Å². The fourth-order valence-electron chi connectivity index (χ4n) is 3.18. The Morgan fingerprint density at radius 3 is 3.05 bits per heavy atom. The minimum atomic E-state index is -0.693. The molecule has 5 heteroatoms. The Bertz CT molecular complexity index is 483. The molecule has 5 nitrogen and oxygen atoms in total. The zero-order valence-corrected chi connectivity index (χ0v) is 11.2. The molecule has 0 spiro atoms. The predicted octanol–water partition coefficient (Wildman–Crippen LogP) is 1.74. The highest BCUT2D eigenvalue weighted by molar-refractivity contribution is 5.70. The Morgan fingerprint density at radius 2 is 2.32 bits per heavy atom. The average molecular weight is 264 g/mol. The summed E-state index contributed by atoms with van der Waals surface area (Å²) >= 11 is 0. The molecule has 0 aromatic carbocycles. The third kappa shape index (κ3) is 2.39. The van der Waals surface area contributed by atoms with E-state index in [1.165, 1.54) is 0 Å². The summed E-state index contributed by atoms with van der Waals surface area (Å²) in [5.41, 5.74) is 2.11. The number of rotatable bonds is 2. The molecule has 0 radical (unpaired) electrons.